The van der Waals surface area contributed by atoms with Crippen LogP contribution in [0.3, 0.4) is 0 Å². The minimum atomic E-state index is -0.261. The van der Waals surface area contributed by atoms with Gasteiger partial charge in [0.2, 0.25) is 0 Å². The number of piperazine rings is 1. The van der Waals surface area contributed by atoms with Crippen molar-refractivity contribution in [2.45, 2.75) is 19.4 Å². The molecule has 17 heavy (non-hydrogen) atoms. The summed E-state index contributed by atoms with van der Waals surface area (Å²) in [5.41, 5.74) is 8.39. The van der Waals surface area contributed by atoms with Crippen LogP contribution in [0.1, 0.15) is 19.4 Å². The van der Waals surface area contributed by atoms with Gasteiger partial charge in [0, 0.05) is 37.4 Å². The van der Waals surface area contributed by atoms with E-state index in [-0.39, 0.29) is 5.54 Å². The van der Waals surface area contributed by atoms with Gasteiger partial charge in [-0.2, -0.15) is 0 Å². The molecule has 1 aromatic rings. The third-order valence-corrected chi connectivity index (χ3v) is 3.46. The molecule has 0 radical (unpaired) electrons. The fourth-order valence-corrected chi connectivity index (χ4v) is 2.17. The first-order valence-electron chi connectivity index (χ1n) is 6.30. The topological polar surface area (TPSA) is 32.5 Å². The highest BCUT2D eigenvalue weighted by Crippen LogP contribution is 2.23. The SMILES string of the molecule is CN1CCN(c2cccc(C(C)(C)N)c2)CC1. The average molecular weight is 233 g/mol. The van der Waals surface area contributed by atoms with Crippen LogP contribution >= 0.6 is 0 Å². The summed E-state index contributed by atoms with van der Waals surface area (Å²) in [6.45, 7) is 8.58. The standard InChI is InChI=1S/C14H23N3/c1-14(2,15)12-5-4-6-13(11-12)17-9-7-16(3)8-10-17/h4-6,11H,7-10,15H2,1-3H3. The van der Waals surface area contributed by atoms with Crippen LogP contribution in [0.25, 0.3) is 0 Å². The van der Waals surface area contributed by atoms with Crippen LogP contribution in [-0.2, 0) is 5.54 Å². The predicted octanol–water partition coefficient (Wildman–Crippen LogP) is 1.63. The van der Waals surface area contributed by atoms with Gasteiger partial charge in [0.15, 0.2) is 0 Å². The zero-order valence-corrected chi connectivity index (χ0v) is 11.1. The van der Waals surface area contributed by atoms with E-state index in [4.69, 9.17) is 5.73 Å². The normalized spacial score (nSPS) is 18.5. The van der Waals surface area contributed by atoms with E-state index in [9.17, 15) is 0 Å². The lowest BCUT2D eigenvalue weighted by Crippen LogP contribution is -2.44. The molecule has 1 fully saturated rings. The quantitative estimate of drug-likeness (QED) is 0.843. The Kier molecular flexibility index (Phi) is 3.40. The lowest BCUT2D eigenvalue weighted by molar-refractivity contribution is 0.313. The van der Waals surface area contributed by atoms with Gasteiger partial charge in [-0.25, -0.2) is 0 Å². The third-order valence-electron chi connectivity index (χ3n) is 3.46. The number of anilines is 1. The van der Waals surface area contributed by atoms with Crippen LogP contribution in [0.2, 0.25) is 0 Å². The van der Waals surface area contributed by atoms with E-state index in [1.54, 1.807) is 0 Å². The fourth-order valence-electron chi connectivity index (χ4n) is 2.17. The molecule has 1 aliphatic rings. The lowest BCUT2D eigenvalue weighted by Gasteiger charge is -2.34. The van der Waals surface area contributed by atoms with E-state index in [1.807, 2.05) is 0 Å². The summed E-state index contributed by atoms with van der Waals surface area (Å²) in [6.07, 6.45) is 0. The molecule has 94 valence electrons. The summed E-state index contributed by atoms with van der Waals surface area (Å²) in [7, 11) is 2.18. The van der Waals surface area contributed by atoms with Crippen LogP contribution in [0.5, 0.6) is 0 Å². The minimum Gasteiger partial charge on any atom is -0.369 e. The highest BCUT2D eigenvalue weighted by atomic mass is 15.2. The molecule has 1 aliphatic heterocycles. The Balaban J connectivity index is 2.16. The van der Waals surface area contributed by atoms with E-state index in [1.165, 1.54) is 11.3 Å². The molecule has 1 saturated heterocycles. The van der Waals surface area contributed by atoms with E-state index < -0.39 is 0 Å². The van der Waals surface area contributed by atoms with Crippen molar-refractivity contribution >= 4 is 5.69 Å². The molecule has 0 spiro atoms. The van der Waals surface area contributed by atoms with E-state index >= 15 is 0 Å². The molecule has 3 heteroatoms. The van der Waals surface area contributed by atoms with Crippen molar-refractivity contribution in [3.05, 3.63) is 29.8 Å². The minimum absolute atomic E-state index is 0.261. The summed E-state index contributed by atoms with van der Waals surface area (Å²) in [5, 5.41) is 0. The number of hydrogen-bond donors (Lipinski definition) is 1. The van der Waals surface area contributed by atoms with Gasteiger partial charge in [-0.15, -0.1) is 0 Å². The Morgan fingerprint density at radius 3 is 2.35 bits per heavy atom. The number of hydrogen-bond acceptors (Lipinski definition) is 3. The predicted molar refractivity (Wildman–Crippen MR) is 73.4 cm³/mol. The molecule has 2 N–H and O–H groups in total. The molecule has 1 aromatic carbocycles. The Bertz CT molecular complexity index is 373. The average Bonchev–Trinajstić information content (AvgIpc) is 2.29. The van der Waals surface area contributed by atoms with Crippen molar-refractivity contribution in [3.8, 4) is 0 Å². The largest absolute Gasteiger partial charge is 0.369 e. The zero-order chi connectivity index (χ0) is 12.5. The van der Waals surface area contributed by atoms with Gasteiger partial charge in [-0.1, -0.05) is 12.1 Å². The van der Waals surface area contributed by atoms with E-state index in [0.29, 0.717) is 0 Å². The van der Waals surface area contributed by atoms with E-state index in [0.717, 1.165) is 26.2 Å². The van der Waals surface area contributed by atoms with Crippen molar-refractivity contribution in [3.63, 3.8) is 0 Å². The van der Waals surface area contributed by atoms with Gasteiger partial charge in [-0.05, 0) is 38.6 Å². The highest BCUT2D eigenvalue weighted by Gasteiger charge is 2.18. The Morgan fingerprint density at radius 2 is 1.76 bits per heavy atom. The molecule has 1 heterocycles. The first-order valence-corrected chi connectivity index (χ1v) is 6.30. The monoisotopic (exact) mass is 233 g/mol. The Labute approximate surface area is 104 Å². The van der Waals surface area contributed by atoms with Crippen LogP contribution in [0, 0.1) is 0 Å². The first-order chi connectivity index (χ1) is 7.97. The Morgan fingerprint density at radius 1 is 1.12 bits per heavy atom. The maximum atomic E-state index is 6.15. The molecular weight excluding hydrogens is 210 g/mol. The number of rotatable bonds is 2. The van der Waals surface area contributed by atoms with Crippen LogP contribution in [0.4, 0.5) is 5.69 Å². The Hall–Kier alpha value is -1.06. The summed E-state index contributed by atoms with van der Waals surface area (Å²) in [6, 6.07) is 8.63. The van der Waals surface area contributed by atoms with Crippen molar-refractivity contribution in [2.75, 3.05) is 38.1 Å². The highest BCUT2D eigenvalue weighted by molar-refractivity contribution is 5.50. The smallest absolute Gasteiger partial charge is 0.0370 e. The molecule has 0 unspecified atom stereocenters. The van der Waals surface area contributed by atoms with Gasteiger partial charge in [-0.3, -0.25) is 0 Å². The molecule has 0 bridgehead atoms. The molecule has 0 amide bonds. The second-order valence-electron chi connectivity index (χ2n) is 5.56. The summed E-state index contributed by atoms with van der Waals surface area (Å²) >= 11 is 0. The number of benzene rings is 1. The van der Waals surface area contributed by atoms with Crippen LogP contribution in [0.15, 0.2) is 24.3 Å². The number of nitrogens with zero attached hydrogens (tertiary/aromatic N) is 2. The van der Waals surface area contributed by atoms with E-state index in [2.05, 4.69) is 55.0 Å². The maximum absolute atomic E-state index is 6.15. The maximum Gasteiger partial charge on any atom is 0.0370 e. The summed E-state index contributed by atoms with van der Waals surface area (Å²) in [4.78, 5) is 4.81. The second kappa shape index (κ2) is 4.67. The van der Waals surface area contributed by atoms with Gasteiger partial charge in [0.05, 0.1) is 0 Å². The number of nitrogens with two attached hydrogens (primary N) is 1. The van der Waals surface area contributed by atoms with Crippen molar-refractivity contribution < 1.29 is 0 Å². The molecule has 0 aliphatic carbocycles. The van der Waals surface area contributed by atoms with Crippen LogP contribution in [-0.4, -0.2) is 38.1 Å². The number of likely N-dealkylation sites (N-methyl/N-ethyl adjacent to an activating group) is 1. The van der Waals surface area contributed by atoms with Crippen molar-refractivity contribution in [1.82, 2.24) is 4.90 Å². The summed E-state index contributed by atoms with van der Waals surface area (Å²) < 4.78 is 0. The first kappa shape index (κ1) is 12.4. The van der Waals surface area contributed by atoms with Crippen molar-refractivity contribution in [2.24, 2.45) is 5.73 Å². The third kappa shape index (κ3) is 2.99. The van der Waals surface area contributed by atoms with Crippen LogP contribution < -0.4 is 10.6 Å². The van der Waals surface area contributed by atoms with Gasteiger partial charge < -0.3 is 15.5 Å². The van der Waals surface area contributed by atoms with Crippen molar-refractivity contribution in [1.29, 1.82) is 0 Å². The second-order valence-corrected chi connectivity index (χ2v) is 5.56. The molecule has 0 aromatic heterocycles. The molecule has 3 nitrogen and oxygen atoms in total. The summed E-state index contributed by atoms with van der Waals surface area (Å²) in [5.74, 6) is 0. The fraction of sp³-hybridized carbons (Fsp3) is 0.571. The molecular formula is C14H23N3. The van der Waals surface area contributed by atoms with Gasteiger partial charge in [0.1, 0.15) is 0 Å². The van der Waals surface area contributed by atoms with Gasteiger partial charge in [0.25, 0.3) is 0 Å². The molecule has 0 saturated carbocycles. The zero-order valence-electron chi connectivity index (χ0n) is 11.1. The molecule has 0 atom stereocenters. The lowest BCUT2D eigenvalue weighted by atomic mass is 9.95. The molecule has 2 rings (SSSR count). The van der Waals surface area contributed by atoms with Gasteiger partial charge >= 0.3 is 0 Å².